The van der Waals surface area contributed by atoms with Crippen LogP contribution >= 0.6 is 0 Å². The Morgan fingerprint density at radius 3 is 2.29 bits per heavy atom. The molecule has 1 aromatic carbocycles. The Balaban J connectivity index is 1.41. The monoisotopic (exact) mass is 530 g/mol. The Labute approximate surface area is 216 Å². The van der Waals surface area contributed by atoms with Gasteiger partial charge in [-0.05, 0) is 56.5 Å². The van der Waals surface area contributed by atoms with Gasteiger partial charge in [0.1, 0.15) is 17.3 Å². The molecule has 0 aliphatic carbocycles. The maximum absolute atomic E-state index is 13.3. The number of benzene rings is 1. The van der Waals surface area contributed by atoms with Gasteiger partial charge in [0.15, 0.2) is 0 Å². The molecular weight excluding hydrogens is 504 g/mol. The van der Waals surface area contributed by atoms with Crippen LogP contribution in [0.25, 0.3) is 0 Å². The molecule has 3 aromatic rings. The Bertz CT molecular complexity index is 1280. The SMILES string of the molecule is CC(C(=O)NCc1ccc(C(F)(F)F)nc1N1CCCCC1)c1cnc(C(=O)Nc2ccc(F)cc2)nc1. The summed E-state index contributed by atoms with van der Waals surface area (Å²) in [6, 6.07) is 7.48. The molecule has 1 atom stereocenters. The Hall–Kier alpha value is -4.09. The van der Waals surface area contributed by atoms with E-state index >= 15 is 0 Å². The Morgan fingerprint density at radius 1 is 1.00 bits per heavy atom. The van der Waals surface area contributed by atoms with Crippen molar-refractivity contribution in [3.8, 4) is 0 Å². The van der Waals surface area contributed by atoms with Gasteiger partial charge < -0.3 is 15.5 Å². The van der Waals surface area contributed by atoms with E-state index in [0.717, 1.165) is 25.3 Å². The fraction of sp³-hybridized carbons (Fsp3) is 0.346. The molecule has 1 saturated heterocycles. The van der Waals surface area contributed by atoms with Gasteiger partial charge in [-0.2, -0.15) is 13.2 Å². The maximum atomic E-state index is 13.3. The Morgan fingerprint density at radius 2 is 1.66 bits per heavy atom. The van der Waals surface area contributed by atoms with Crippen LogP contribution in [0.2, 0.25) is 0 Å². The largest absolute Gasteiger partial charge is 0.433 e. The van der Waals surface area contributed by atoms with Crippen LogP contribution < -0.4 is 15.5 Å². The number of hydrogen-bond donors (Lipinski definition) is 2. The van der Waals surface area contributed by atoms with Gasteiger partial charge in [0.25, 0.3) is 5.91 Å². The summed E-state index contributed by atoms with van der Waals surface area (Å²) in [5.74, 6) is -2.01. The molecule has 38 heavy (non-hydrogen) atoms. The van der Waals surface area contributed by atoms with Crippen molar-refractivity contribution in [3.63, 3.8) is 0 Å². The third-order valence-corrected chi connectivity index (χ3v) is 6.23. The van der Waals surface area contributed by atoms with Crippen LogP contribution in [0.4, 0.5) is 29.1 Å². The van der Waals surface area contributed by atoms with Crippen LogP contribution in [0, 0.1) is 5.82 Å². The number of halogens is 4. The zero-order chi connectivity index (χ0) is 27.3. The highest BCUT2D eigenvalue weighted by atomic mass is 19.4. The third-order valence-electron chi connectivity index (χ3n) is 6.23. The van der Waals surface area contributed by atoms with Gasteiger partial charge in [-0.1, -0.05) is 6.07 Å². The summed E-state index contributed by atoms with van der Waals surface area (Å²) >= 11 is 0. The molecule has 3 heterocycles. The minimum Gasteiger partial charge on any atom is -0.356 e. The van der Waals surface area contributed by atoms with E-state index in [-0.39, 0.29) is 24.1 Å². The maximum Gasteiger partial charge on any atom is 0.433 e. The van der Waals surface area contributed by atoms with Crippen molar-refractivity contribution in [2.24, 2.45) is 0 Å². The van der Waals surface area contributed by atoms with Crippen molar-refractivity contribution in [2.45, 2.75) is 44.8 Å². The third kappa shape index (κ3) is 6.61. The van der Waals surface area contributed by atoms with Gasteiger partial charge in [-0.25, -0.2) is 19.3 Å². The van der Waals surface area contributed by atoms with E-state index in [0.29, 0.717) is 29.9 Å². The summed E-state index contributed by atoms with van der Waals surface area (Å²) in [7, 11) is 0. The van der Waals surface area contributed by atoms with Crippen molar-refractivity contribution in [3.05, 3.63) is 77.3 Å². The summed E-state index contributed by atoms with van der Waals surface area (Å²) in [5, 5.41) is 5.31. The number of nitrogens with one attached hydrogen (secondary N) is 2. The van der Waals surface area contributed by atoms with Crippen molar-refractivity contribution < 1.29 is 27.2 Å². The van der Waals surface area contributed by atoms with E-state index in [9.17, 15) is 27.2 Å². The highest BCUT2D eigenvalue weighted by molar-refractivity contribution is 6.01. The predicted molar refractivity (Wildman–Crippen MR) is 132 cm³/mol. The fourth-order valence-electron chi connectivity index (χ4n) is 4.04. The van der Waals surface area contributed by atoms with E-state index in [1.54, 1.807) is 6.92 Å². The molecule has 1 aliphatic rings. The number of anilines is 2. The first kappa shape index (κ1) is 27.0. The quantitative estimate of drug-likeness (QED) is 0.430. The topological polar surface area (TPSA) is 100 Å². The molecule has 0 saturated carbocycles. The van der Waals surface area contributed by atoms with Gasteiger partial charge >= 0.3 is 6.18 Å². The number of aromatic nitrogens is 3. The van der Waals surface area contributed by atoms with Gasteiger partial charge in [0, 0.05) is 48.8 Å². The minimum absolute atomic E-state index is 0.000833. The van der Waals surface area contributed by atoms with Crippen molar-refractivity contribution in [2.75, 3.05) is 23.3 Å². The van der Waals surface area contributed by atoms with E-state index in [1.165, 1.54) is 42.7 Å². The molecule has 200 valence electrons. The first-order valence-corrected chi connectivity index (χ1v) is 12.1. The summed E-state index contributed by atoms with van der Waals surface area (Å²) < 4.78 is 52.9. The van der Waals surface area contributed by atoms with Gasteiger partial charge in [-0.3, -0.25) is 9.59 Å². The molecule has 2 amide bonds. The predicted octanol–water partition coefficient (Wildman–Crippen LogP) is 4.69. The number of nitrogens with zero attached hydrogens (tertiary/aromatic N) is 4. The summed E-state index contributed by atoms with van der Waals surface area (Å²) in [4.78, 5) is 38.9. The highest BCUT2D eigenvalue weighted by Crippen LogP contribution is 2.31. The highest BCUT2D eigenvalue weighted by Gasteiger charge is 2.34. The lowest BCUT2D eigenvalue weighted by Crippen LogP contribution is -2.33. The molecule has 12 heteroatoms. The summed E-state index contributed by atoms with van der Waals surface area (Å²) in [6.45, 7) is 2.83. The van der Waals surface area contributed by atoms with Crippen molar-refractivity contribution in [1.82, 2.24) is 20.3 Å². The van der Waals surface area contributed by atoms with Crippen molar-refractivity contribution >= 4 is 23.3 Å². The fourth-order valence-corrected chi connectivity index (χ4v) is 4.04. The smallest absolute Gasteiger partial charge is 0.356 e. The van der Waals surface area contributed by atoms with Crippen LogP contribution in [0.3, 0.4) is 0 Å². The number of amides is 2. The van der Waals surface area contributed by atoms with Crippen LogP contribution in [-0.4, -0.2) is 39.9 Å². The van der Waals surface area contributed by atoms with Crippen LogP contribution in [0.15, 0.2) is 48.8 Å². The molecule has 4 rings (SSSR count). The number of alkyl halides is 3. The molecule has 2 N–H and O–H groups in total. The number of carbonyl (C=O) groups excluding carboxylic acids is 2. The average Bonchev–Trinajstić information content (AvgIpc) is 2.92. The molecule has 2 aromatic heterocycles. The lowest BCUT2D eigenvalue weighted by Gasteiger charge is -2.30. The number of rotatable bonds is 7. The number of hydrogen-bond acceptors (Lipinski definition) is 6. The van der Waals surface area contributed by atoms with Gasteiger partial charge in [0.2, 0.25) is 11.7 Å². The zero-order valence-electron chi connectivity index (χ0n) is 20.6. The molecule has 0 bridgehead atoms. The number of pyridine rings is 1. The molecular formula is C26H26F4N6O2. The zero-order valence-corrected chi connectivity index (χ0v) is 20.6. The second-order valence-corrected chi connectivity index (χ2v) is 8.97. The molecule has 0 spiro atoms. The number of piperidine rings is 1. The van der Waals surface area contributed by atoms with Gasteiger partial charge in [-0.15, -0.1) is 0 Å². The molecule has 1 unspecified atom stereocenters. The van der Waals surface area contributed by atoms with Crippen LogP contribution in [-0.2, 0) is 17.5 Å². The number of carbonyl (C=O) groups is 2. The first-order valence-electron chi connectivity index (χ1n) is 12.1. The lowest BCUT2D eigenvalue weighted by atomic mass is 10.0. The summed E-state index contributed by atoms with van der Waals surface area (Å²) in [6.07, 6.45) is 0.874. The Kier molecular flexibility index (Phi) is 8.18. The van der Waals surface area contributed by atoms with Crippen LogP contribution in [0.1, 0.15) is 59.5 Å². The van der Waals surface area contributed by atoms with E-state index in [2.05, 4.69) is 25.6 Å². The molecule has 8 nitrogen and oxygen atoms in total. The standard InChI is InChI=1S/C26H26F4N6O2/c1-16(18-14-31-22(32-15-18)25(38)34-20-8-6-19(27)7-9-20)24(37)33-13-17-5-10-21(26(28,29)30)35-23(17)36-11-3-2-4-12-36/h5-10,14-16H,2-4,11-13H2,1H3,(H,33,37)(H,34,38). The van der Waals surface area contributed by atoms with Crippen LogP contribution in [0.5, 0.6) is 0 Å². The minimum atomic E-state index is -4.57. The second kappa shape index (κ2) is 11.5. The van der Waals surface area contributed by atoms with E-state index in [1.807, 2.05) is 4.90 Å². The lowest BCUT2D eigenvalue weighted by molar-refractivity contribution is -0.141. The van der Waals surface area contributed by atoms with E-state index < -0.39 is 29.5 Å². The molecule has 1 aliphatic heterocycles. The first-order chi connectivity index (χ1) is 18.1. The molecule has 1 fully saturated rings. The summed E-state index contributed by atoms with van der Waals surface area (Å²) in [5.41, 5.74) is 0.341. The normalized spacial score (nSPS) is 14.6. The van der Waals surface area contributed by atoms with Gasteiger partial charge in [0.05, 0.1) is 5.92 Å². The van der Waals surface area contributed by atoms with Crippen molar-refractivity contribution in [1.29, 1.82) is 0 Å². The van der Waals surface area contributed by atoms with E-state index in [4.69, 9.17) is 0 Å². The second-order valence-electron chi connectivity index (χ2n) is 8.97. The average molecular weight is 531 g/mol. The molecule has 0 radical (unpaired) electrons.